The van der Waals surface area contributed by atoms with Gasteiger partial charge in [-0.3, -0.25) is 0 Å². The molecule has 0 fully saturated rings. The van der Waals surface area contributed by atoms with Crippen LogP contribution in [0.2, 0.25) is 0 Å². The predicted molar refractivity (Wildman–Crippen MR) is 76.7 cm³/mol. The van der Waals surface area contributed by atoms with Gasteiger partial charge in [-0.2, -0.15) is 0 Å². The number of anilines is 1. The van der Waals surface area contributed by atoms with E-state index >= 15 is 0 Å². The highest BCUT2D eigenvalue weighted by Gasteiger charge is 2.11. The third kappa shape index (κ3) is 2.84. The summed E-state index contributed by atoms with van der Waals surface area (Å²) in [5.41, 5.74) is 4.17. The third-order valence-corrected chi connectivity index (χ3v) is 4.04. The minimum Gasteiger partial charge on any atom is -0.373 e. The van der Waals surface area contributed by atoms with Crippen LogP contribution in [0.4, 0.5) is 5.82 Å². The highest BCUT2D eigenvalue weighted by atomic mass is 32.2. The molecule has 1 N–H and O–H groups in total. The van der Waals surface area contributed by atoms with Gasteiger partial charge < -0.3 is 5.32 Å². The van der Waals surface area contributed by atoms with Crippen LogP contribution in [0.3, 0.4) is 0 Å². The van der Waals surface area contributed by atoms with Gasteiger partial charge in [0.15, 0.2) is 5.16 Å². The zero-order chi connectivity index (χ0) is 14.0. The Labute approximate surface area is 117 Å². The quantitative estimate of drug-likeness (QED) is 0.686. The third-order valence-electron chi connectivity index (χ3n) is 3.07. The van der Waals surface area contributed by atoms with E-state index < -0.39 is 0 Å². The zero-order valence-electron chi connectivity index (χ0n) is 11.8. The van der Waals surface area contributed by atoms with E-state index in [9.17, 15) is 0 Å². The summed E-state index contributed by atoms with van der Waals surface area (Å²) in [5.74, 6) is 0.832. The maximum atomic E-state index is 4.50. The summed E-state index contributed by atoms with van der Waals surface area (Å²) < 4.78 is 0. The normalized spacial score (nSPS) is 10.6. The Hall–Kier alpha value is -1.69. The van der Waals surface area contributed by atoms with Crippen molar-refractivity contribution in [1.29, 1.82) is 0 Å². The summed E-state index contributed by atoms with van der Waals surface area (Å²) in [4.78, 5) is 17.5. The molecule has 0 radical (unpaired) electrons. The van der Waals surface area contributed by atoms with Crippen molar-refractivity contribution in [3.05, 3.63) is 28.8 Å². The molecule has 0 aliphatic heterocycles. The molecular weight excluding hydrogens is 258 g/mol. The lowest BCUT2D eigenvalue weighted by atomic mass is 10.2. The highest BCUT2D eigenvalue weighted by molar-refractivity contribution is 7.99. The molecule has 6 heteroatoms. The van der Waals surface area contributed by atoms with Gasteiger partial charge in [0, 0.05) is 24.0 Å². The van der Waals surface area contributed by atoms with E-state index in [-0.39, 0.29) is 0 Å². The van der Waals surface area contributed by atoms with Crippen LogP contribution in [-0.4, -0.2) is 27.0 Å². The van der Waals surface area contributed by atoms with Gasteiger partial charge in [-0.05, 0) is 45.0 Å². The van der Waals surface area contributed by atoms with Crippen LogP contribution in [0, 0.1) is 27.7 Å². The average molecular weight is 275 g/mol. The molecule has 0 unspecified atom stereocenters. The molecule has 0 amide bonds. The lowest BCUT2D eigenvalue weighted by Crippen LogP contribution is -2.01. The van der Waals surface area contributed by atoms with E-state index in [1.165, 1.54) is 11.8 Å². The van der Waals surface area contributed by atoms with Crippen molar-refractivity contribution in [2.75, 3.05) is 12.4 Å². The molecule has 0 bridgehead atoms. The first kappa shape index (κ1) is 13.7. The second kappa shape index (κ2) is 5.52. The van der Waals surface area contributed by atoms with E-state index in [1.54, 1.807) is 6.33 Å². The molecule has 5 nitrogen and oxygen atoms in total. The minimum absolute atomic E-state index is 0.726. The van der Waals surface area contributed by atoms with E-state index in [2.05, 4.69) is 25.3 Å². The summed E-state index contributed by atoms with van der Waals surface area (Å²) in [5, 5.41) is 4.65. The fourth-order valence-corrected chi connectivity index (χ4v) is 2.55. The maximum Gasteiger partial charge on any atom is 0.194 e. The highest BCUT2D eigenvalue weighted by Crippen LogP contribution is 2.28. The van der Waals surface area contributed by atoms with Gasteiger partial charge in [-0.1, -0.05) is 0 Å². The van der Waals surface area contributed by atoms with Gasteiger partial charge >= 0.3 is 0 Å². The largest absolute Gasteiger partial charge is 0.373 e. The van der Waals surface area contributed by atoms with Crippen molar-refractivity contribution in [2.45, 2.75) is 37.9 Å². The van der Waals surface area contributed by atoms with Gasteiger partial charge in [0.2, 0.25) is 0 Å². The molecule has 2 rings (SSSR count). The number of nitrogens with zero attached hydrogens (tertiary/aromatic N) is 4. The van der Waals surface area contributed by atoms with E-state index in [1.807, 2.05) is 34.7 Å². The van der Waals surface area contributed by atoms with Crippen molar-refractivity contribution in [1.82, 2.24) is 19.9 Å². The molecule has 0 atom stereocenters. The number of rotatable bonds is 3. The average Bonchev–Trinajstić information content (AvgIpc) is 2.38. The van der Waals surface area contributed by atoms with Crippen LogP contribution in [0.25, 0.3) is 0 Å². The van der Waals surface area contributed by atoms with Crippen LogP contribution in [0.1, 0.15) is 22.5 Å². The Kier molecular flexibility index (Phi) is 3.99. The number of aromatic nitrogens is 4. The topological polar surface area (TPSA) is 63.6 Å². The molecule has 0 saturated carbocycles. The van der Waals surface area contributed by atoms with Gasteiger partial charge in [-0.15, -0.1) is 0 Å². The SMILES string of the molecule is CNc1ncnc(Sc2nc(C)c(C)c(C)n2)c1C. The molecular formula is C13H17N5S. The fourth-order valence-electron chi connectivity index (χ4n) is 1.66. The fraction of sp³-hybridized carbons (Fsp3) is 0.385. The first-order chi connectivity index (χ1) is 9.02. The monoisotopic (exact) mass is 275 g/mol. The lowest BCUT2D eigenvalue weighted by molar-refractivity contribution is 0.875. The van der Waals surface area contributed by atoms with Crippen LogP contribution in [-0.2, 0) is 0 Å². The summed E-state index contributed by atoms with van der Waals surface area (Å²) in [6.07, 6.45) is 1.55. The molecule has 0 spiro atoms. The second-order valence-electron chi connectivity index (χ2n) is 4.31. The molecule has 19 heavy (non-hydrogen) atoms. The van der Waals surface area contributed by atoms with E-state index in [0.29, 0.717) is 0 Å². The first-order valence-electron chi connectivity index (χ1n) is 6.02. The Bertz CT molecular complexity index is 589. The van der Waals surface area contributed by atoms with Gasteiger partial charge in [0.1, 0.15) is 17.2 Å². The summed E-state index contributed by atoms with van der Waals surface area (Å²) in [7, 11) is 1.85. The summed E-state index contributed by atoms with van der Waals surface area (Å²) in [6, 6.07) is 0. The van der Waals surface area contributed by atoms with Crippen LogP contribution < -0.4 is 5.32 Å². The van der Waals surface area contributed by atoms with Gasteiger partial charge in [0.25, 0.3) is 0 Å². The predicted octanol–water partition coefficient (Wildman–Crippen LogP) is 2.69. The number of nitrogens with one attached hydrogen (secondary N) is 1. The van der Waals surface area contributed by atoms with Crippen LogP contribution in [0.5, 0.6) is 0 Å². The number of hydrogen-bond acceptors (Lipinski definition) is 6. The standard InChI is InChI=1S/C13H17N5S/c1-7-9(3)17-13(18-10(7)4)19-12-8(2)11(14-5)15-6-16-12/h6H,1-5H3,(H,14,15,16). The molecule has 2 aromatic rings. The van der Waals surface area contributed by atoms with Gasteiger partial charge in [-0.25, -0.2) is 19.9 Å². The Morgan fingerprint density at radius 1 is 0.947 bits per heavy atom. The van der Waals surface area contributed by atoms with E-state index in [0.717, 1.165) is 38.5 Å². The molecule has 0 aromatic carbocycles. The summed E-state index contributed by atoms with van der Waals surface area (Å²) >= 11 is 1.47. The Morgan fingerprint density at radius 2 is 1.58 bits per heavy atom. The first-order valence-corrected chi connectivity index (χ1v) is 6.83. The van der Waals surface area contributed by atoms with E-state index in [4.69, 9.17) is 0 Å². The molecule has 0 saturated heterocycles. The molecule has 2 aromatic heterocycles. The Morgan fingerprint density at radius 3 is 2.16 bits per heavy atom. The lowest BCUT2D eigenvalue weighted by Gasteiger charge is -2.09. The molecule has 2 heterocycles. The summed E-state index contributed by atoms with van der Waals surface area (Å²) in [6.45, 7) is 8.02. The van der Waals surface area contributed by atoms with Crippen molar-refractivity contribution in [3.63, 3.8) is 0 Å². The van der Waals surface area contributed by atoms with Crippen molar-refractivity contribution < 1.29 is 0 Å². The molecule has 100 valence electrons. The van der Waals surface area contributed by atoms with Crippen molar-refractivity contribution >= 4 is 17.6 Å². The molecule has 0 aliphatic rings. The maximum absolute atomic E-state index is 4.50. The second-order valence-corrected chi connectivity index (χ2v) is 5.26. The molecule has 0 aliphatic carbocycles. The van der Waals surface area contributed by atoms with Crippen LogP contribution >= 0.6 is 11.8 Å². The zero-order valence-corrected chi connectivity index (χ0v) is 12.6. The Balaban J connectivity index is 2.36. The number of hydrogen-bond donors (Lipinski definition) is 1. The van der Waals surface area contributed by atoms with Crippen LogP contribution in [0.15, 0.2) is 16.5 Å². The van der Waals surface area contributed by atoms with Crippen molar-refractivity contribution in [2.24, 2.45) is 0 Å². The minimum atomic E-state index is 0.726. The van der Waals surface area contributed by atoms with Crippen molar-refractivity contribution in [3.8, 4) is 0 Å². The number of aryl methyl sites for hydroxylation is 2. The smallest absolute Gasteiger partial charge is 0.194 e. The van der Waals surface area contributed by atoms with Gasteiger partial charge in [0.05, 0.1) is 0 Å².